The number of hydrogen-bond donors (Lipinski definition) is 0. The van der Waals surface area contributed by atoms with Crippen LogP contribution in [0.5, 0.6) is 0 Å². The number of allylic oxidation sites excluding steroid dienone is 1. The molecule has 0 amide bonds. The zero-order chi connectivity index (χ0) is 13.5. The quantitative estimate of drug-likeness (QED) is 0.454. The first-order valence-electron chi connectivity index (χ1n) is 5.48. The van der Waals surface area contributed by atoms with E-state index >= 15 is 0 Å². The largest absolute Gasteiger partial charge is 0.468 e. The molecular formula is C14H16O4. The number of esters is 2. The highest BCUT2D eigenvalue weighted by Crippen LogP contribution is 2.27. The molecule has 4 nitrogen and oxygen atoms in total. The van der Waals surface area contributed by atoms with E-state index in [-0.39, 0.29) is 0 Å². The van der Waals surface area contributed by atoms with Gasteiger partial charge in [0.2, 0.25) is 0 Å². The number of hydrogen-bond acceptors (Lipinski definition) is 4. The summed E-state index contributed by atoms with van der Waals surface area (Å²) in [6.45, 7) is 3.68. The molecule has 0 spiro atoms. The molecule has 1 aromatic carbocycles. The zero-order valence-electron chi connectivity index (χ0n) is 10.5. The van der Waals surface area contributed by atoms with Crippen molar-refractivity contribution < 1.29 is 19.1 Å². The van der Waals surface area contributed by atoms with E-state index in [1.54, 1.807) is 6.08 Å². The van der Waals surface area contributed by atoms with Gasteiger partial charge in [0.05, 0.1) is 14.2 Å². The van der Waals surface area contributed by atoms with Gasteiger partial charge in [0.15, 0.2) is 5.92 Å². The Morgan fingerprint density at radius 1 is 1.11 bits per heavy atom. The molecule has 1 aromatic rings. The molecule has 0 aliphatic rings. The topological polar surface area (TPSA) is 52.6 Å². The maximum Gasteiger partial charge on any atom is 0.321 e. The standard InChI is InChI=1S/C14H16O4/c1-4-11(10-8-6-5-7-9-10)12(13(15)17-2)14(16)18-3/h4-9,11-12H,1H2,2-3H3/t11-/m1/s1. The van der Waals surface area contributed by atoms with Crippen molar-refractivity contribution in [2.45, 2.75) is 5.92 Å². The first-order valence-corrected chi connectivity index (χ1v) is 5.48. The van der Waals surface area contributed by atoms with Crippen LogP contribution in [0.15, 0.2) is 43.0 Å². The van der Waals surface area contributed by atoms with Crippen LogP contribution in [0, 0.1) is 5.92 Å². The normalized spacial score (nSPS) is 11.7. The van der Waals surface area contributed by atoms with Gasteiger partial charge >= 0.3 is 11.9 Å². The zero-order valence-corrected chi connectivity index (χ0v) is 10.5. The van der Waals surface area contributed by atoms with E-state index in [1.165, 1.54) is 14.2 Å². The summed E-state index contributed by atoms with van der Waals surface area (Å²) in [4.78, 5) is 23.4. The van der Waals surface area contributed by atoms with Crippen LogP contribution in [0.3, 0.4) is 0 Å². The fraction of sp³-hybridized carbons (Fsp3) is 0.286. The second-order valence-electron chi connectivity index (χ2n) is 3.70. The summed E-state index contributed by atoms with van der Waals surface area (Å²) in [7, 11) is 2.48. The van der Waals surface area contributed by atoms with Crippen molar-refractivity contribution in [2.24, 2.45) is 5.92 Å². The predicted molar refractivity (Wildman–Crippen MR) is 66.9 cm³/mol. The highest BCUT2D eigenvalue weighted by atomic mass is 16.5. The number of methoxy groups -OCH3 is 2. The summed E-state index contributed by atoms with van der Waals surface area (Å²) in [6, 6.07) is 9.17. The second kappa shape index (κ2) is 6.59. The van der Waals surface area contributed by atoms with Gasteiger partial charge in [0.25, 0.3) is 0 Å². The molecule has 0 aliphatic heterocycles. The Balaban J connectivity index is 3.13. The van der Waals surface area contributed by atoms with Gasteiger partial charge in [-0.1, -0.05) is 36.4 Å². The van der Waals surface area contributed by atoms with E-state index in [0.717, 1.165) is 5.56 Å². The average Bonchev–Trinajstić information content (AvgIpc) is 2.44. The van der Waals surface area contributed by atoms with Crippen molar-refractivity contribution in [2.75, 3.05) is 14.2 Å². The molecule has 0 N–H and O–H groups in total. The van der Waals surface area contributed by atoms with Gasteiger partial charge in [-0.25, -0.2) is 0 Å². The Kier molecular flexibility index (Phi) is 5.11. The Labute approximate surface area is 106 Å². The van der Waals surface area contributed by atoms with E-state index < -0.39 is 23.8 Å². The smallest absolute Gasteiger partial charge is 0.321 e. The van der Waals surface area contributed by atoms with Gasteiger partial charge in [-0.15, -0.1) is 6.58 Å². The van der Waals surface area contributed by atoms with E-state index in [0.29, 0.717) is 0 Å². The highest BCUT2D eigenvalue weighted by Gasteiger charge is 2.36. The number of carbonyl (C=O) groups is 2. The van der Waals surface area contributed by atoms with Crippen LogP contribution in [-0.4, -0.2) is 26.2 Å². The summed E-state index contributed by atoms with van der Waals surface area (Å²) in [5, 5.41) is 0. The molecule has 0 saturated carbocycles. The van der Waals surface area contributed by atoms with E-state index in [4.69, 9.17) is 0 Å². The molecule has 96 valence electrons. The Bertz CT molecular complexity index is 409. The second-order valence-corrected chi connectivity index (χ2v) is 3.70. The molecule has 18 heavy (non-hydrogen) atoms. The van der Waals surface area contributed by atoms with Crippen molar-refractivity contribution in [1.29, 1.82) is 0 Å². The van der Waals surface area contributed by atoms with Gasteiger partial charge in [-0.2, -0.15) is 0 Å². The van der Waals surface area contributed by atoms with Gasteiger partial charge in [-0.05, 0) is 5.56 Å². The molecule has 0 aliphatic carbocycles. The van der Waals surface area contributed by atoms with Crippen LogP contribution in [0.2, 0.25) is 0 Å². The first kappa shape index (κ1) is 14.0. The number of benzene rings is 1. The predicted octanol–water partition coefficient (Wildman–Crippen LogP) is 1.92. The molecule has 0 aromatic heterocycles. The van der Waals surface area contributed by atoms with Crippen molar-refractivity contribution in [3.05, 3.63) is 48.6 Å². The lowest BCUT2D eigenvalue weighted by atomic mass is 9.86. The first-order chi connectivity index (χ1) is 8.65. The van der Waals surface area contributed by atoms with E-state index in [1.807, 2.05) is 30.3 Å². The van der Waals surface area contributed by atoms with Gasteiger partial charge in [0, 0.05) is 5.92 Å². The van der Waals surface area contributed by atoms with Crippen LogP contribution in [-0.2, 0) is 19.1 Å². The summed E-state index contributed by atoms with van der Waals surface area (Å²) < 4.78 is 9.30. The van der Waals surface area contributed by atoms with Crippen molar-refractivity contribution in [1.82, 2.24) is 0 Å². The minimum absolute atomic E-state index is 0.467. The van der Waals surface area contributed by atoms with Crippen LogP contribution >= 0.6 is 0 Å². The molecule has 0 fully saturated rings. The van der Waals surface area contributed by atoms with E-state index in [2.05, 4.69) is 16.1 Å². The molecule has 0 unspecified atom stereocenters. The minimum atomic E-state index is -1.03. The number of carbonyl (C=O) groups excluding carboxylic acids is 2. The maximum atomic E-state index is 11.7. The average molecular weight is 248 g/mol. The Morgan fingerprint density at radius 3 is 2.00 bits per heavy atom. The fourth-order valence-electron chi connectivity index (χ4n) is 1.78. The van der Waals surface area contributed by atoms with Crippen molar-refractivity contribution in [3.63, 3.8) is 0 Å². The lowest BCUT2D eigenvalue weighted by Gasteiger charge is -2.20. The summed E-state index contributed by atoms with van der Waals surface area (Å²) in [5.74, 6) is -2.75. The molecule has 1 rings (SSSR count). The summed E-state index contributed by atoms with van der Waals surface area (Å²) in [6.07, 6.45) is 1.55. The number of ether oxygens (including phenoxy) is 2. The Hall–Kier alpha value is -2.10. The molecule has 0 heterocycles. The van der Waals surface area contributed by atoms with Gasteiger partial charge in [0.1, 0.15) is 0 Å². The Morgan fingerprint density at radius 2 is 1.61 bits per heavy atom. The highest BCUT2D eigenvalue weighted by molar-refractivity contribution is 5.96. The summed E-state index contributed by atoms with van der Waals surface area (Å²) >= 11 is 0. The molecule has 0 bridgehead atoms. The minimum Gasteiger partial charge on any atom is -0.468 e. The third-order valence-electron chi connectivity index (χ3n) is 2.71. The molecular weight excluding hydrogens is 232 g/mol. The van der Waals surface area contributed by atoms with E-state index in [9.17, 15) is 9.59 Å². The summed E-state index contributed by atoms with van der Waals surface area (Å²) in [5.41, 5.74) is 0.813. The molecule has 1 atom stereocenters. The number of rotatable bonds is 5. The molecule has 0 saturated heterocycles. The van der Waals surface area contributed by atoms with Crippen LogP contribution in [0.25, 0.3) is 0 Å². The maximum absolute atomic E-state index is 11.7. The van der Waals surface area contributed by atoms with Crippen molar-refractivity contribution in [3.8, 4) is 0 Å². The fourth-order valence-corrected chi connectivity index (χ4v) is 1.78. The van der Waals surface area contributed by atoms with Crippen LogP contribution in [0.1, 0.15) is 11.5 Å². The van der Waals surface area contributed by atoms with Gasteiger partial charge in [-0.3, -0.25) is 9.59 Å². The lowest BCUT2D eigenvalue weighted by Crippen LogP contribution is -2.31. The lowest BCUT2D eigenvalue weighted by molar-refractivity contribution is -0.159. The third kappa shape index (κ3) is 2.97. The van der Waals surface area contributed by atoms with Crippen LogP contribution < -0.4 is 0 Å². The van der Waals surface area contributed by atoms with Crippen molar-refractivity contribution >= 4 is 11.9 Å². The van der Waals surface area contributed by atoms with Crippen LogP contribution in [0.4, 0.5) is 0 Å². The monoisotopic (exact) mass is 248 g/mol. The molecule has 4 heteroatoms. The SMILES string of the molecule is C=C[C@H](c1ccccc1)C(C(=O)OC)C(=O)OC. The molecule has 0 radical (unpaired) electrons. The third-order valence-corrected chi connectivity index (χ3v) is 2.71. The van der Waals surface area contributed by atoms with Gasteiger partial charge < -0.3 is 9.47 Å².